The van der Waals surface area contributed by atoms with Crippen LogP contribution in [0, 0.1) is 6.92 Å². The molecule has 1 aliphatic rings. The van der Waals surface area contributed by atoms with Crippen LogP contribution in [0.5, 0.6) is 11.6 Å². The molecule has 0 bridgehead atoms. The summed E-state index contributed by atoms with van der Waals surface area (Å²) in [7, 11) is 0. The van der Waals surface area contributed by atoms with Crippen LogP contribution in [-0.2, 0) is 13.1 Å². The van der Waals surface area contributed by atoms with Crippen molar-refractivity contribution in [3.63, 3.8) is 0 Å². The summed E-state index contributed by atoms with van der Waals surface area (Å²) in [5.41, 5.74) is 2.52. The van der Waals surface area contributed by atoms with Crippen molar-refractivity contribution in [2.75, 3.05) is 13.1 Å². The summed E-state index contributed by atoms with van der Waals surface area (Å²) in [6.45, 7) is 4.48. The van der Waals surface area contributed by atoms with Crippen LogP contribution in [0.2, 0.25) is 0 Å². The van der Waals surface area contributed by atoms with Gasteiger partial charge in [-0.1, -0.05) is 35.9 Å². The first-order valence-electron chi connectivity index (χ1n) is 13.1. The molecule has 5 aromatic rings. The van der Waals surface area contributed by atoms with Gasteiger partial charge >= 0.3 is 0 Å². The highest BCUT2D eigenvalue weighted by molar-refractivity contribution is 5.74. The highest BCUT2D eigenvalue weighted by atomic mass is 16.5. The largest absolute Gasteiger partial charge is 0.439 e. The van der Waals surface area contributed by atoms with E-state index in [1.807, 2.05) is 61.5 Å². The van der Waals surface area contributed by atoms with Gasteiger partial charge < -0.3 is 9.84 Å². The van der Waals surface area contributed by atoms with Crippen LogP contribution in [0.3, 0.4) is 0 Å². The van der Waals surface area contributed by atoms with E-state index in [0.29, 0.717) is 29.8 Å². The van der Waals surface area contributed by atoms with Gasteiger partial charge in [-0.3, -0.25) is 14.3 Å². The average Bonchev–Trinajstić information content (AvgIpc) is 3.39. The Labute approximate surface area is 226 Å². The minimum atomic E-state index is -0.969. The van der Waals surface area contributed by atoms with E-state index in [2.05, 4.69) is 32.1 Å². The molecule has 0 spiro atoms. The number of hydrogen-bond donors (Lipinski definition) is 1. The number of aryl methyl sites for hydroxylation is 1. The highest BCUT2D eigenvalue weighted by Crippen LogP contribution is 2.26. The van der Waals surface area contributed by atoms with Crippen LogP contribution in [0.15, 0.2) is 90.2 Å². The smallest absolute Gasteiger partial charge is 0.264 e. The van der Waals surface area contributed by atoms with Crippen molar-refractivity contribution in [3.05, 3.63) is 107 Å². The fourth-order valence-corrected chi connectivity index (χ4v) is 4.99. The summed E-state index contributed by atoms with van der Waals surface area (Å²) in [6, 6.07) is 21.5. The van der Waals surface area contributed by atoms with Gasteiger partial charge in [-0.2, -0.15) is 5.10 Å². The van der Waals surface area contributed by atoms with Crippen molar-refractivity contribution in [3.8, 4) is 17.3 Å². The third kappa shape index (κ3) is 5.45. The van der Waals surface area contributed by atoms with Gasteiger partial charge in [-0.05, 0) is 55.7 Å². The van der Waals surface area contributed by atoms with E-state index in [1.165, 1.54) is 16.5 Å². The van der Waals surface area contributed by atoms with Gasteiger partial charge in [-0.15, -0.1) is 0 Å². The van der Waals surface area contributed by atoms with Gasteiger partial charge in [0.2, 0.25) is 5.88 Å². The SMILES string of the molecule is Cc1ccc(-n2ncc3c(=O)n(CC4(O)CCN(Cc5ccc(Oc6ccccn6)cc5)CC4)cnc32)cc1. The minimum absolute atomic E-state index is 0.192. The number of rotatable bonds is 7. The Morgan fingerprint density at radius 1 is 0.974 bits per heavy atom. The van der Waals surface area contributed by atoms with Crippen LogP contribution >= 0.6 is 0 Å². The summed E-state index contributed by atoms with van der Waals surface area (Å²) in [5.74, 6) is 1.31. The van der Waals surface area contributed by atoms with Crippen LogP contribution in [-0.4, -0.2) is 53.0 Å². The highest BCUT2D eigenvalue weighted by Gasteiger charge is 2.33. The van der Waals surface area contributed by atoms with Gasteiger partial charge in [0, 0.05) is 31.9 Å². The molecule has 39 heavy (non-hydrogen) atoms. The van der Waals surface area contributed by atoms with Crippen LogP contribution < -0.4 is 10.3 Å². The average molecular weight is 523 g/mol. The molecule has 1 N–H and O–H groups in total. The van der Waals surface area contributed by atoms with Crippen LogP contribution in [0.4, 0.5) is 0 Å². The number of fused-ring (bicyclic) bond motifs is 1. The lowest BCUT2D eigenvalue weighted by molar-refractivity contribution is -0.0364. The van der Waals surface area contributed by atoms with Crippen molar-refractivity contribution in [2.24, 2.45) is 0 Å². The predicted molar refractivity (Wildman–Crippen MR) is 148 cm³/mol. The summed E-state index contributed by atoms with van der Waals surface area (Å²) in [4.78, 5) is 24.3. The van der Waals surface area contributed by atoms with E-state index >= 15 is 0 Å². The Bertz CT molecular complexity index is 1620. The molecule has 0 atom stereocenters. The molecule has 2 aromatic carbocycles. The fraction of sp³-hybridized carbons (Fsp3) is 0.267. The molecule has 3 aromatic heterocycles. The van der Waals surface area contributed by atoms with E-state index in [4.69, 9.17) is 4.74 Å². The molecule has 198 valence electrons. The second-order valence-corrected chi connectivity index (χ2v) is 10.2. The Hall–Kier alpha value is -4.34. The fourth-order valence-electron chi connectivity index (χ4n) is 4.99. The molecular formula is C30H30N6O3. The molecule has 0 amide bonds. The number of nitrogens with zero attached hydrogens (tertiary/aromatic N) is 6. The molecule has 0 radical (unpaired) electrons. The predicted octanol–water partition coefficient (Wildman–Crippen LogP) is 4.11. The lowest BCUT2D eigenvalue weighted by atomic mass is 9.91. The molecule has 6 rings (SSSR count). The normalized spacial score (nSPS) is 15.4. The summed E-state index contributed by atoms with van der Waals surface area (Å²) >= 11 is 0. The maximum Gasteiger partial charge on any atom is 0.264 e. The van der Waals surface area contributed by atoms with Gasteiger partial charge in [0.1, 0.15) is 17.5 Å². The molecule has 4 heterocycles. The molecule has 0 unspecified atom stereocenters. The minimum Gasteiger partial charge on any atom is -0.439 e. The zero-order chi connectivity index (χ0) is 26.8. The standard InChI is InChI=1S/C30H30N6O3/c1-22-5-9-24(10-6-22)36-28-26(18-33-36)29(37)35(21-32-28)20-30(38)13-16-34(17-14-30)19-23-7-11-25(12-8-23)39-27-4-2-3-15-31-27/h2-12,15,18,21,38H,13-14,16-17,19-20H2,1H3. The van der Waals surface area contributed by atoms with Gasteiger partial charge in [0.25, 0.3) is 5.56 Å². The monoisotopic (exact) mass is 522 g/mol. The maximum absolute atomic E-state index is 13.2. The first-order chi connectivity index (χ1) is 19.0. The molecule has 0 aliphatic carbocycles. The third-order valence-electron chi connectivity index (χ3n) is 7.27. The number of benzene rings is 2. The first-order valence-corrected chi connectivity index (χ1v) is 13.1. The topological polar surface area (TPSA) is 98.3 Å². The van der Waals surface area contributed by atoms with E-state index in [-0.39, 0.29) is 12.1 Å². The molecule has 1 aliphatic heterocycles. The number of aromatic nitrogens is 5. The molecule has 0 saturated carbocycles. The van der Waals surface area contributed by atoms with Gasteiger partial charge in [0.05, 0.1) is 24.0 Å². The lowest BCUT2D eigenvalue weighted by Gasteiger charge is -2.38. The Kier molecular flexibility index (Phi) is 6.68. The molecular weight excluding hydrogens is 492 g/mol. The summed E-state index contributed by atoms with van der Waals surface area (Å²) < 4.78 is 8.96. The molecule has 9 nitrogen and oxygen atoms in total. The summed E-state index contributed by atoms with van der Waals surface area (Å²) in [6.07, 6.45) is 5.92. The van der Waals surface area contributed by atoms with Crippen molar-refractivity contribution >= 4 is 11.0 Å². The van der Waals surface area contributed by atoms with Crippen molar-refractivity contribution < 1.29 is 9.84 Å². The second-order valence-electron chi connectivity index (χ2n) is 10.2. The Morgan fingerprint density at radius 2 is 1.74 bits per heavy atom. The van der Waals surface area contributed by atoms with Gasteiger partial charge in [-0.25, -0.2) is 14.6 Å². The van der Waals surface area contributed by atoms with Crippen molar-refractivity contribution in [1.29, 1.82) is 0 Å². The van der Waals surface area contributed by atoms with Crippen molar-refractivity contribution in [2.45, 2.75) is 38.5 Å². The van der Waals surface area contributed by atoms with E-state index in [0.717, 1.165) is 36.6 Å². The first kappa shape index (κ1) is 25.0. The molecule has 9 heteroatoms. The zero-order valence-electron chi connectivity index (χ0n) is 21.8. The number of ether oxygens (including phenoxy) is 1. The Balaban J connectivity index is 1.08. The number of hydrogen-bond acceptors (Lipinski definition) is 7. The molecule has 1 saturated heterocycles. The van der Waals surface area contributed by atoms with E-state index < -0.39 is 5.60 Å². The van der Waals surface area contributed by atoms with Gasteiger partial charge in [0.15, 0.2) is 5.65 Å². The summed E-state index contributed by atoms with van der Waals surface area (Å²) in [5, 5.41) is 16.2. The number of aliphatic hydroxyl groups is 1. The van der Waals surface area contributed by atoms with Crippen LogP contribution in [0.1, 0.15) is 24.0 Å². The third-order valence-corrected chi connectivity index (χ3v) is 7.27. The lowest BCUT2D eigenvalue weighted by Crippen LogP contribution is -2.47. The quantitative estimate of drug-likeness (QED) is 0.344. The number of piperidine rings is 1. The second kappa shape index (κ2) is 10.4. The van der Waals surface area contributed by atoms with E-state index in [9.17, 15) is 9.90 Å². The molecule has 1 fully saturated rings. The van der Waals surface area contributed by atoms with Crippen molar-refractivity contribution in [1.82, 2.24) is 29.2 Å². The zero-order valence-corrected chi connectivity index (χ0v) is 21.8. The number of pyridine rings is 1. The maximum atomic E-state index is 13.2. The number of likely N-dealkylation sites (tertiary alicyclic amines) is 1. The van der Waals surface area contributed by atoms with E-state index in [1.54, 1.807) is 17.1 Å². The van der Waals surface area contributed by atoms with Crippen LogP contribution in [0.25, 0.3) is 16.7 Å². The Morgan fingerprint density at radius 3 is 2.46 bits per heavy atom.